The molecular weight excluding hydrogens is 422 g/mol. The minimum absolute atomic E-state index is 0.599. The fourth-order valence-corrected chi connectivity index (χ4v) is 4.60. The zero-order chi connectivity index (χ0) is 19.4. The number of nitrogens with one attached hydrogen (secondary N) is 1. The summed E-state index contributed by atoms with van der Waals surface area (Å²) in [5, 5.41) is 5.86. The lowest BCUT2D eigenvalue weighted by molar-refractivity contribution is 0.873. The first-order valence-electron chi connectivity index (χ1n) is 10.1. The number of rotatable bonds is 3. The Morgan fingerprint density at radius 1 is 0.931 bits per heavy atom. The molecule has 6 rings (SSSR count). The molecule has 0 radical (unpaired) electrons. The summed E-state index contributed by atoms with van der Waals surface area (Å²) in [5.41, 5.74) is 6.21. The van der Waals surface area contributed by atoms with E-state index in [1.807, 2.05) is 0 Å². The average Bonchev–Trinajstić information content (AvgIpc) is 3.54. The molecule has 1 fully saturated rings. The van der Waals surface area contributed by atoms with Crippen LogP contribution in [0.3, 0.4) is 0 Å². The van der Waals surface area contributed by atoms with Gasteiger partial charge in [0.15, 0.2) is 0 Å². The number of imidazole rings is 1. The van der Waals surface area contributed by atoms with E-state index < -0.39 is 0 Å². The van der Waals surface area contributed by atoms with Crippen molar-refractivity contribution >= 4 is 43.4 Å². The molecule has 0 bridgehead atoms. The van der Waals surface area contributed by atoms with E-state index in [4.69, 9.17) is 4.98 Å². The van der Waals surface area contributed by atoms with Crippen molar-refractivity contribution in [3.05, 3.63) is 82.9 Å². The van der Waals surface area contributed by atoms with Crippen LogP contribution >= 0.6 is 15.9 Å². The van der Waals surface area contributed by atoms with Crippen LogP contribution in [0.2, 0.25) is 0 Å². The highest BCUT2D eigenvalue weighted by Gasteiger charge is 2.26. The Hall–Kier alpha value is -2.69. The van der Waals surface area contributed by atoms with Gasteiger partial charge >= 0.3 is 0 Å². The van der Waals surface area contributed by atoms with Gasteiger partial charge in [-0.3, -0.25) is 4.57 Å². The Morgan fingerprint density at radius 2 is 1.76 bits per heavy atom. The van der Waals surface area contributed by atoms with Crippen molar-refractivity contribution in [1.29, 1.82) is 0 Å². The van der Waals surface area contributed by atoms with Crippen LogP contribution in [0.25, 0.3) is 38.9 Å². The number of halogens is 1. The lowest BCUT2D eigenvalue weighted by Gasteiger charge is -2.18. The van der Waals surface area contributed by atoms with Crippen molar-refractivity contribution in [1.82, 2.24) is 14.9 Å². The molecule has 0 spiro atoms. The van der Waals surface area contributed by atoms with Gasteiger partial charge in [-0.2, -0.15) is 0 Å². The Bertz CT molecular complexity index is 1310. The average molecular weight is 442 g/mol. The number of hydrogen-bond acceptors (Lipinski definition) is 2. The van der Waals surface area contributed by atoms with E-state index in [0.717, 1.165) is 40.8 Å². The second-order valence-electron chi connectivity index (χ2n) is 7.79. The van der Waals surface area contributed by atoms with Crippen LogP contribution in [0.5, 0.6) is 0 Å². The van der Waals surface area contributed by atoms with E-state index in [1.165, 1.54) is 27.6 Å². The highest BCUT2D eigenvalue weighted by molar-refractivity contribution is 9.10. The van der Waals surface area contributed by atoms with Gasteiger partial charge in [0.05, 0.1) is 11.0 Å². The molecule has 1 saturated heterocycles. The Kier molecular flexibility index (Phi) is 3.96. The lowest BCUT2D eigenvalue weighted by atomic mass is 9.99. The molecule has 1 aliphatic carbocycles. The minimum Gasteiger partial charge on any atom is -0.307 e. The fraction of sp³-hybridized carbons (Fsp3) is 0.160. The van der Waals surface area contributed by atoms with Crippen molar-refractivity contribution in [3.63, 3.8) is 0 Å². The molecule has 1 unspecified atom stereocenters. The molecule has 2 aliphatic rings. The van der Waals surface area contributed by atoms with E-state index in [1.54, 1.807) is 0 Å². The Balaban J connectivity index is 1.61. The first kappa shape index (κ1) is 17.2. The third-order valence-electron chi connectivity index (χ3n) is 5.95. The van der Waals surface area contributed by atoms with Crippen molar-refractivity contribution in [2.45, 2.75) is 18.9 Å². The number of benzene rings is 3. The summed E-state index contributed by atoms with van der Waals surface area (Å²) in [6, 6.07) is 22.0. The molecule has 1 aromatic heterocycles. The van der Waals surface area contributed by atoms with Gasteiger partial charge in [0.25, 0.3) is 0 Å². The van der Waals surface area contributed by atoms with Crippen LogP contribution in [-0.4, -0.2) is 22.1 Å². The van der Waals surface area contributed by atoms with Crippen molar-refractivity contribution in [2.75, 3.05) is 6.54 Å². The number of hydrogen-bond donors (Lipinski definition) is 1. The van der Waals surface area contributed by atoms with E-state index in [0.29, 0.717) is 6.04 Å². The summed E-state index contributed by atoms with van der Waals surface area (Å²) >= 11 is 3.55. The van der Waals surface area contributed by atoms with Gasteiger partial charge < -0.3 is 5.32 Å². The van der Waals surface area contributed by atoms with Crippen LogP contribution in [0, 0.1) is 0 Å². The molecule has 1 aliphatic heterocycles. The van der Waals surface area contributed by atoms with Crippen LogP contribution in [0.15, 0.2) is 82.9 Å². The van der Waals surface area contributed by atoms with Gasteiger partial charge in [0.2, 0.25) is 0 Å². The molecule has 3 aromatic carbocycles. The highest BCUT2D eigenvalue weighted by atomic mass is 79.9. The molecule has 142 valence electrons. The summed E-state index contributed by atoms with van der Waals surface area (Å²) in [4.78, 5) is 5.16. The van der Waals surface area contributed by atoms with Gasteiger partial charge in [-0.15, -0.1) is 0 Å². The van der Waals surface area contributed by atoms with Crippen molar-refractivity contribution < 1.29 is 0 Å². The number of nitrogens with zero attached hydrogens (tertiary/aromatic N) is 2. The maximum Gasteiger partial charge on any atom is 0.145 e. The van der Waals surface area contributed by atoms with Gasteiger partial charge in [-0.25, -0.2) is 4.98 Å². The third kappa shape index (κ3) is 2.95. The number of fused-ring (bicyclic) bond motifs is 3. The third-order valence-corrected chi connectivity index (χ3v) is 6.48. The maximum atomic E-state index is 5.16. The minimum atomic E-state index is 0.599. The molecule has 1 atom stereocenters. The van der Waals surface area contributed by atoms with Gasteiger partial charge in [0, 0.05) is 33.7 Å². The first-order chi connectivity index (χ1) is 14.3. The van der Waals surface area contributed by atoms with Crippen LogP contribution < -0.4 is 5.32 Å². The normalized spacial score (nSPS) is 18.7. The van der Waals surface area contributed by atoms with E-state index in [9.17, 15) is 0 Å². The van der Waals surface area contributed by atoms with Crippen LogP contribution in [0.4, 0.5) is 0 Å². The second kappa shape index (κ2) is 6.68. The quantitative estimate of drug-likeness (QED) is 0.387. The summed E-state index contributed by atoms with van der Waals surface area (Å²) in [6.45, 7) is 1.12. The maximum absolute atomic E-state index is 5.16. The van der Waals surface area contributed by atoms with Gasteiger partial charge in [-0.05, 0) is 42.5 Å². The number of aromatic nitrogens is 2. The monoisotopic (exact) mass is 441 g/mol. The summed E-state index contributed by atoms with van der Waals surface area (Å²) in [5.74, 6) is 1.01. The fourth-order valence-electron chi connectivity index (χ4n) is 4.34. The summed E-state index contributed by atoms with van der Waals surface area (Å²) in [6.07, 6.45) is 6.74. The lowest BCUT2D eigenvalue weighted by Crippen LogP contribution is -2.06. The summed E-state index contributed by atoms with van der Waals surface area (Å²) in [7, 11) is 0. The van der Waals surface area contributed by atoms with Crippen LogP contribution in [-0.2, 0) is 0 Å². The zero-order valence-corrected chi connectivity index (χ0v) is 17.5. The van der Waals surface area contributed by atoms with E-state index in [-0.39, 0.29) is 0 Å². The molecule has 2 heterocycles. The molecule has 0 amide bonds. The SMILES string of the molecule is Brc1ccc(-c2nc3c4ccccc4ccc3n2C2=CC=C(C3CN3)CC2)cc1. The van der Waals surface area contributed by atoms with Gasteiger partial charge in [-0.1, -0.05) is 70.0 Å². The molecular formula is C25H20BrN3. The van der Waals surface area contributed by atoms with Gasteiger partial charge in [0.1, 0.15) is 5.82 Å². The first-order valence-corrected chi connectivity index (χ1v) is 10.9. The van der Waals surface area contributed by atoms with E-state index >= 15 is 0 Å². The predicted octanol–water partition coefficient (Wildman–Crippen LogP) is 6.15. The summed E-state index contributed by atoms with van der Waals surface area (Å²) < 4.78 is 3.44. The molecule has 1 N–H and O–H groups in total. The Morgan fingerprint density at radius 3 is 2.52 bits per heavy atom. The standard InChI is InChI=1S/C25H20BrN3/c26-19-10-5-18(6-11-19)25-28-24-21-4-2-1-3-16(21)9-14-23(24)29(25)20-12-7-17(8-13-20)22-15-27-22/h1-7,9-12,14,22,27H,8,13,15H2. The smallest absolute Gasteiger partial charge is 0.145 e. The second-order valence-corrected chi connectivity index (χ2v) is 8.71. The topological polar surface area (TPSA) is 39.8 Å². The van der Waals surface area contributed by atoms with E-state index in [2.05, 4.69) is 98.6 Å². The Labute approximate surface area is 177 Å². The van der Waals surface area contributed by atoms with Crippen molar-refractivity contribution in [2.24, 2.45) is 0 Å². The van der Waals surface area contributed by atoms with Crippen molar-refractivity contribution in [3.8, 4) is 11.4 Å². The predicted molar refractivity (Wildman–Crippen MR) is 124 cm³/mol. The molecule has 3 nitrogen and oxygen atoms in total. The largest absolute Gasteiger partial charge is 0.307 e. The highest BCUT2D eigenvalue weighted by Crippen LogP contribution is 2.36. The molecule has 29 heavy (non-hydrogen) atoms. The number of allylic oxidation sites excluding steroid dienone is 3. The molecule has 0 saturated carbocycles. The van der Waals surface area contributed by atoms with Crippen LogP contribution in [0.1, 0.15) is 12.8 Å². The molecule has 4 aromatic rings. The zero-order valence-electron chi connectivity index (χ0n) is 15.9. The molecule has 4 heteroatoms.